The van der Waals surface area contributed by atoms with Crippen molar-refractivity contribution in [2.45, 2.75) is 26.2 Å². The Kier molecular flexibility index (Phi) is 3.01. The molecule has 72 valence electrons. The molecule has 2 rings (SSSR count). The molecule has 1 N–H and O–H groups in total. The highest BCUT2D eigenvalue weighted by Crippen LogP contribution is 2.22. The van der Waals surface area contributed by atoms with E-state index in [1.54, 1.807) is 9.75 Å². The maximum atomic E-state index is 3.32. The van der Waals surface area contributed by atoms with Gasteiger partial charge in [0.15, 0.2) is 0 Å². The lowest BCUT2D eigenvalue weighted by molar-refractivity contribution is 0.348. The standard InChI is InChI=1S/C11H17NS/c1-2-3-10-4-5-11(13-10)6-9-7-12-8-9/h4-5,9,12H,2-3,6-8H2,1H3. The maximum absolute atomic E-state index is 3.32. The van der Waals surface area contributed by atoms with Crippen LogP contribution in [0.1, 0.15) is 23.1 Å². The second kappa shape index (κ2) is 4.25. The van der Waals surface area contributed by atoms with Crippen molar-refractivity contribution in [1.82, 2.24) is 5.32 Å². The van der Waals surface area contributed by atoms with E-state index in [0.29, 0.717) is 0 Å². The van der Waals surface area contributed by atoms with Crippen LogP contribution in [0.15, 0.2) is 12.1 Å². The molecule has 1 saturated heterocycles. The molecule has 1 aromatic rings. The molecule has 0 amide bonds. The van der Waals surface area contributed by atoms with E-state index in [1.807, 2.05) is 11.3 Å². The predicted molar refractivity (Wildman–Crippen MR) is 58.4 cm³/mol. The number of hydrogen-bond donors (Lipinski definition) is 1. The quantitative estimate of drug-likeness (QED) is 0.778. The fraction of sp³-hybridized carbons (Fsp3) is 0.636. The molecule has 0 radical (unpaired) electrons. The Morgan fingerprint density at radius 2 is 2.15 bits per heavy atom. The minimum Gasteiger partial charge on any atom is -0.316 e. The summed E-state index contributed by atoms with van der Waals surface area (Å²) in [4.78, 5) is 3.14. The summed E-state index contributed by atoms with van der Waals surface area (Å²) in [7, 11) is 0. The molecule has 0 atom stereocenters. The van der Waals surface area contributed by atoms with Crippen LogP contribution in [0.25, 0.3) is 0 Å². The minimum atomic E-state index is 0.910. The van der Waals surface area contributed by atoms with Crippen molar-refractivity contribution in [2.24, 2.45) is 5.92 Å². The third-order valence-electron chi connectivity index (χ3n) is 2.57. The van der Waals surface area contributed by atoms with E-state index in [-0.39, 0.29) is 0 Å². The molecule has 0 spiro atoms. The normalized spacial score (nSPS) is 17.3. The molecule has 0 aromatic carbocycles. The molecule has 2 heteroatoms. The smallest absolute Gasteiger partial charge is 0.00519 e. The second-order valence-electron chi connectivity index (χ2n) is 3.85. The maximum Gasteiger partial charge on any atom is 0.00519 e. The van der Waals surface area contributed by atoms with Gasteiger partial charge in [0.1, 0.15) is 0 Å². The molecular weight excluding hydrogens is 178 g/mol. The van der Waals surface area contributed by atoms with Crippen LogP contribution in [0.3, 0.4) is 0 Å². The summed E-state index contributed by atoms with van der Waals surface area (Å²) in [6, 6.07) is 4.61. The summed E-state index contributed by atoms with van der Waals surface area (Å²) >= 11 is 2.01. The van der Waals surface area contributed by atoms with Crippen molar-refractivity contribution in [2.75, 3.05) is 13.1 Å². The van der Waals surface area contributed by atoms with Crippen molar-refractivity contribution in [3.05, 3.63) is 21.9 Å². The van der Waals surface area contributed by atoms with Gasteiger partial charge in [-0.15, -0.1) is 11.3 Å². The van der Waals surface area contributed by atoms with Crippen LogP contribution in [0.2, 0.25) is 0 Å². The van der Waals surface area contributed by atoms with Crippen molar-refractivity contribution in [3.63, 3.8) is 0 Å². The zero-order valence-electron chi connectivity index (χ0n) is 8.18. The van der Waals surface area contributed by atoms with E-state index in [0.717, 1.165) is 5.92 Å². The molecule has 13 heavy (non-hydrogen) atoms. The highest BCUT2D eigenvalue weighted by Gasteiger charge is 2.17. The summed E-state index contributed by atoms with van der Waals surface area (Å²) in [6.07, 6.45) is 3.82. The van der Waals surface area contributed by atoms with E-state index in [1.165, 1.54) is 32.4 Å². The molecule has 0 bridgehead atoms. The first-order valence-electron chi connectivity index (χ1n) is 5.16. The zero-order chi connectivity index (χ0) is 9.10. The van der Waals surface area contributed by atoms with Gasteiger partial charge in [0.2, 0.25) is 0 Å². The molecule has 2 heterocycles. The summed E-state index contributed by atoms with van der Waals surface area (Å²) < 4.78 is 0. The summed E-state index contributed by atoms with van der Waals surface area (Å²) in [5.74, 6) is 0.910. The molecule has 1 aliphatic rings. The summed E-state index contributed by atoms with van der Waals surface area (Å²) in [5, 5.41) is 3.32. The Bertz CT molecular complexity index is 263. The Morgan fingerprint density at radius 1 is 1.38 bits per heavy atom. The van der Waals surface area contributed by atoms with E-state index in [2.05, 4.69) is 24.4 Å². The highest BCUT2D eigenvalue weighted by molar-refractivity contribution is 7.11. The van der Waals surface area contributed by atoms with Crippen LogP contribution in [0, 0.1) is 5.92 Å². The number of nitrogens with one attached hydrogen (secondary N) is 1. The van der Waals surface area contributed by atoms with E-state index < -0.39 is 0 Å². The molecule has 0 unspecified atom stereocenters. The molecule has 1 nitrogen and oxygen atoms in total. The molecule has 0 aliphatic carbocycles. The van der Waals surface area contributed by atoms with Gasteiger partial charge in [0.05, 0.1) is 0 Å². The number of thiophene rings is 1. The lowest BCUT2D eigenvalue weighted by atomic mass is 9.99. The highest BCUT2D eigenvalue weighted by atomic mass is 32.1. The average molecular weight is 195 g/mol. The van der Waals surface area contributed by atoms with Gasteiger partial charge in [-0.3, -0.25) is 0 Å². The number of rotatable bonds is 4. The van der Waals surface area contributed by atoms with Gasteiger partial charge < -0.3 is 5.32 Å². The average Bonchev–Trinajstić information content (AvgIpc) is 2.46. The zero-order valence-corrected chi connectivity index (χ0v) is 8.99. The Morgan fingerprint density at radius 3 is 2.77 bits per heavy atom. The molecule has 0 saturated carbocycles. The van der Waals surface area contributed by atoms with E-state index in [4.69, 9.17) is 0 Å². The third-order valence-corrected chi connectivity index (χ3v) is 3.74. The van der Waals surface area contributed by atoms with Crippen molar-refractivity contribution in [3.8, 4) is 0 Å². The van der Waals surface area contributed by atoms with Gasteiger partial charge >= 0.3 is 0 Å². The van der Waals surface area contributed by atoms with Gasteiger partial charge in [-0.1, -0.05) is 13.3 Å². The van der Waals surface area contributed by atoms with E-state index >= 15 is 0 Å². The van der Waals surface area contributed by atoms with Crippen LogP contribution in [-0.4, -0.2) is 13.1 Å². The van der Waals surface area contributed by atoms with Crippen LogP contribution in [0.5, 0.6) is 0 Å². The van der Waals surface area contributed by atoms with Crippen LogP contribution in [-0.2, 0) is 12.8 Å². The van der Waals surface area contributed by atoms with Crippen molar-refractivity contribution in [1.29, 1.82) is 0 Å². The van der Waals surface area contributed by atoms with Gasteiger partial charge in [-0.2, -0.15) is 0 Å². The number of aryl methyl sites for hydroxylation is 1. The number of hydrogen-bond acceptors (Lipinski definition) is 2. The molecule has 1 fully saturated rings. The van der Waals surface area contributed by atoms with Gasteiger partial charge in [-0.25, -0.2) is 0 Å². The Labute approximate surface area is 84.2 Å². The Hall–Kier alpha value is -0.340. The SMILES string of the molecule is CCCc1ccc(CC2CNC2)s1. The summed E-state index contributed by atoms with van der Waals surface area (Å²) in [5.41, 5.74) is 0. The topological polar surface area (TPSA) is 12.0 Å². The van der Waals surface area contributed by atoms with Crippen LogP contribution >= 0.6 is 11.3 Å². The van der Waals surface area contributed by atoms with Crippen molar-refractivity contribution >= 4 is 11.3 Å². The fourth-order valence-electron chi connectivity index (χ4n) is 1.69. The fourth-order valence-corrected chi connectivity index (χ4v) is 2.92. The lowest BCUT2D eigenvalue weighted by Crippen LogP contribution is -2.42. The lowest BCUT2D eigenvalue weighted by Gasteiger charge is -2.26. The third kappa shape index (κ3) is 2.32. The molecule has 1 aromatic heterocycles. The monoisotopic (exact) mass is 195 g/mol. The van der Waals surface area contributed by atoms with Gasteiger partial charge in [0.25, 0.3) is 0 Å². The van der Waals surface area contributed by atoms with Gasteiger partial charge in [-0.05, 0) is 44.0 Å². The Balaban J connectivity index is 1.88. The molecular formula is C11H17NS. The van der Waals surface area contributed by atoms with Gasteiger partial charge in [0, 0.05) is 9.75 Å². The van der Waals surface area contributed by atoms with Crippen LogP contribution in [0.4, 0.5) is 0 Å². The van der Waals surface area contributed by atoms with E-state index in [9.17, 15) is 0 Å². The van der Waals surface area contributed by atoms with Crippen molar-refractivity contribution < 1.29 is 0 Å². The summed E-state index contributed by atoms with van der Waals surface area (Å²) in [6.45, 7) is 4.69. The first kappa shape index (κ1) is 9.22. The van der Waals surface area contributed by atoms with Crippen LogP contribution < -0.4 is 5.32 Å². The second-order valence-corrected chi connectivity index (χ2v) is 5.10. The molecule has 1 aliphatic heterocycles. The predicted octanol–water partition coefficient (Wildman–Crippen LogP) is 2.46. The first-order chi connectivity index (χ1) is 6.38. The minimum absolute atomic E-state index is 0.910. The first-order valence-corrected chi connectivity index (χ1v) is 5.98. The largest absolute Gasteiger partial charge is 0.316 e.